The molecule has 0 unspecified atom stereocenters. The van der Waals surface area contributed by atoms with E-state index >= 15 is 0 Å². The SMILES string of the molecule is COC(=O)c1ccccc1CSC1COC1. The fourth-order valence-corrected chi connectivity index (χ4v) is 2.53. The van der Waals surface area contributed by atoms with Crippen molar-refractivity contribution in [1.82, 2.24) is 0 Å². The van der Waals surface area contributed by atoms with E-state index in [1.54, 1.807) is 6.07 Å². The Balaban J connectivity index is 2.03. The summed E-state index contributed by atoms with van der Waals surface area (Å²) in [5.74, 6) is 0.570. The van der Waals surface area contributed by atoms with Crippen molar-refractivity contribution >= 4 is 17.7 Å². The van der Waals surface area contributed by atoms with Crippen LogP contribution < -0.4 is 0 Å². The standard InChI is InChI=1S/C12H14O3S/c1-14-12(13)11-5-3-2-4-9(11)8-16-10-6-15-7-10/h2-5,10H,6-8H2,1H3. The van der Waals surface area contributed by atoms with Crippen LogP contribution >= 0.6 is 11.8 Å². The lowest BCUT2D eigenvalue weighted by Gasteiger charge is -2.25. The van der Waals surface area contributed by atoms with Crippen molar-refractivity contribution in [3.05, 3.63) is 35.4 Å². The van der Waals surface area contributed by atoms with E-state index in [1.165, 1.54) is 7.11 Å². The van der Waals surface area contributed by atoms with Crippen LogP contribution in [-0.2, 0) is 15.2 Å². The highest BCUT2D eigenvalue weighted by Gasteiger charge is 2.19. The second-order valence-corrected chi connectivity index (χ2v) is 4.91. The van der Waals surface area contributed by atoms with Gasteiger partial charge in [-0.3, -0.25) is 0 Å². The van der Waals surface area contributed by atoms with Crippen LogP contribution in [-0.4, -0.2) is 31.5 Å². The number of carbonyl (C=O) groups is 1. The minimum atomic E-state index is -0.263. The Morgan fingerprint density at radius 3 is 2.88 bits per heavy atom. The van der Waals surface area contributed by atoms with Gasteiger partial charge in [-0.25, -0.2) is 4.79 Å². The summed E-state index contributed by atoms with van der Waals surface area (Å²) in [6.45, 7) is 1.65. The van der Waals surface area contributed by atoms with Crippen LogP contribution in [0.4, 0.5) is 0 Å². The molecule has 0 N–H and O–H groups in total. The van der Waals surface area contributed by atoms with Gasteiger partial charge in [0, 0.05) is 5.75 Å². The molecule has 0 aromatic heterocycles. The molecule has 0 aliphatic carbocycles. The molecule has 0 radical (unpaired) electrons. The normalized spacial score (nSPS) is 15.6. The fourth-order valence-electron chi connectivity index (χ4n) is 1.47. The van der Waals surface area contributed by atoms with Crippen LogP contribution in [0.3, 0.4) is 0 Å². The third kappa shape index (κ3) is 2.57. The van der Waals surface area contributed by atoms with Crippen LogP contribution in [0.15, 0.2) is 24.3 Å². The number of methoxy groups -OCH3 is 1. The third-order valence-electron chi connectivity index (χ3n) is 2.50. The summed E-state index contributed by atoms with van der Waals surface area (Å²) in [6.07, 6.45) is 0. The van der Waals surface area contributed by atoms with Gasteiger partial charge in [0.25, 0.3) is 0 Å². The number of thioether (sulfide) groups is 1. The molecule has 0 amide bonds. The topological polar surface area (TPSA) is 35.5 Å². The highest BCUT2D eigenvalue weighted by molar-refractivity contribution is 7.99. The molecule has 1 aromatic carbocycles. The first kappa shape index (κ1) is 11.5. The molecule has 0 bridgehead atoms. The maximum Gasteiger partial charge on any atom is 0.338 e. The molecule has 86 valence electrons. The fraction of sp³-hybridized carbons (Fsp3) is 0.417. The van der Waals surface area contributed by atoms with Gasteiger partial charge in [-0.1, -0.05) is 18.2 Å². The quantitative estimate of drug-likeness (QED) is 0.753. The second kappa shape index (κ2) is 5.37. The molecule has 0 saturated carbocycles. The Hall–Kier alpha value is -1.00. The average molecular weight is 238 g/mol. The van der Waals surface area contributed by atoms with Gasteiger partial charge < -0.3 is 9.47 Å². The van der Waals surface area contributed by atoms with Crippen LogP contribution in [0, 0.1) is 0 Å². The van der Waals surface area contributed by atoms with E-state index in [-0.39, 0.29) is 5.97 Å². The number of carbonyl (C=O) groups excluding carboxylic acids is 1. The summed E-state index contributed by atoms with van der Waals surface area (Å²) in [4.78, 5) is 11.5. The molecule has 1 aliphatic rings. The molecular formula is C12H14O3S. The molecule has 4 heteroatoms. The highest BCUT2D eigenvalue weighted by Crippen LogP contribution is 2.25. The number of hydrogen-bond donors (Lipinski definition) is 0. The number of rotatable bonds is 4. The van der Waals surface area contributed by atoms with Gasteiger partial charge in [0.2, 0.25) is 0 Å². The van der Waals surface area contributed by atoms with E-state index < -0.39 is 0 Å². The van der Waals surface area contributed by atoms with Crippen molar-refractivity contribution in [2.24, 2.45) is 0 Å². The first-order chi connectivity index (χ1) is 7.81. The molecule has 1 aliphatic heterocycles. The Morgan fingerprint density at radius 2 is 2.25 bits per heavy atom. The Kier molecular flexibility index (Phi) is 3.85. The van der Waals surface area contributed by atoms with Gasteiger partial charge >= 0.3 is 5.97 Å². The largest absolute Gasteiger partial charge is 0.465 e. The minimum absolute atomic E-state index is 0.263. The molecule has 1 fully saturated rings. The maximum absolute atomic E-state index is 11.5. The summed E-state index contributed by atoms with van der Waals surface area (Å²) in [6, 6.07) is 7.57. The Bertz CT molecular complexity index is 374. The average Bonchev–Trinajstić information content (AvgIpc) is 2.26. The van der Waals surface area contributed by atoms with Gasteiger partial charge in [0.1, 0.15) is 0 Å². The van der Waals surface area contributed by atoms with Gasteiger partial charge in [-0.05, 0) is 11.6 Å². The van der Waals surface area contributed by atoms with E-state index in [0.717, 1.165) is 24.5 Å². The van der Waals surface area contributed by atoms with E-state index in [9.17, 15) is 4.79 Å². The van der Waals surface area contributed by atoms with Gasteiger partial charge in [0.05, 0.1) is 31.1 Å². The number of hydrogen-bond acceptors (Lipinski definition) is 4. The third-order valence-corrected chi connectivity index (χ3v) is 3.73. The van der Waals surface area contributed by atoms with Crippen LogP contribution in [0.25, 0.3) is 0 Å². The Morgan fingerprint density at radius 1 is 1.50 bits per heavy atom. The van der Waals surface area contributed by atoms with Gasteiger partial charge in [-0.2, -0.15) is 0 Å². The predicted molar refractivity (Wildman–Crippen MR) is 63.7 cm³/mol. The van der Waals surface area contributed by atoms with Crippen molar-refractivity contribution in [3.63, 3.8) is 0 Å². The summed E-state index contributed by atoms with van der Waals surface area (Å²) >= 11 is 1.83. The summed E-state index contributed by atoms with van der Waals surface area (Å²) < 4.78 is 9.86. The second-order valence-electron chi connectivity index (χ2n) is 3.62. The number of ether oxygens (including phenoxy) is 2. The zero-order valence-corrected chi connectivity index (χ0v) is 9.96. The summed E-state index contributed by atoms with van der Waals surface area (Å²) in [7, 11) is 1.41. The Labute approximate surface area is 99.1 Å². The number of benzene rings is 1. The zero-order valence-electron chi connectivity index (χ0n) is 9.14. The van der Waals surface area contributed by atoms with Gasteiger partial charge in [0.15, 0.2) is 0 Å². The zero-order chi connectivity index (χ0) is 11.4. The summed E-state index contributed by atoms with van der Waals surface area (Å²) in [5, 5.41) is 0.575. The molecule has 16 heavy (non-hydrogen) atoms. The molecular weight excluding hydrogens is 224 g/mol. The molecule has 0 spiro atoms. The maximum atomic E-state index is 11.5. The summed E-state index contributed by atoms with van der Waals surface area (Å²) in [5.41, 5.74) is 1.70. The highest BCUT2D eigenvalue weighted by atomic mass is 32.2. The predicted octanol–water partition coefficient (Wildman–Crippen LogP) is 2.11. The first-order valence-electron chi connectivity index (χ1n) is 5.17. The molecule has 1 aromatic rings. The lowest BCUT2D eigenvalue weighted by atomic mass is 10.1. The van der Waals surface area contributed by atoms with Crippen LogP contribution in [0.2, 0.25) is 0 Å². The van der Waals surface area contributed by atoms with Gasteiger partial charge in [-0.15, -0.1) is 11.8 Å². The molecule has 1 heterocycles. The minimum Gasteiger partial charge on any atom is -0.465 e. The molecule has 2 rings (SSSR count). The van der Waals surface area contributed by atoms with Crippen molar-refractivity contribution in [2.75, 3.05) is 20.3 Å². The van der Waals surface area contributed by atoms with E-state index in [2.05, 4.69) is 0 Å². The van der Waals surface area contributed by atoms with E-state index in [0.29, 0.717) is 10.8 Å². The lowest BCUT2D eigenvalue weighted by molar-refractivity contribution is 0.0455. The lowest BCUT2D eigenvalue weighted by Crippen LogP contribution is -2.30. The van der Waals surface area contributed by atoms with Crippen LogP contribution in [0.5, 0.6) is 0 Å². The van der Waals surface area contributed by atoms with Crippen molar-refractivity contribution in [1.29, 1.82) is 0 Å². The molecule has 3 nitrogen and oxygen atoms in total. The van der Waals surface area contributed by atoms with Crippen LogP contribution in [0.1, 0.15) is 15.9 Å². The van der Waals surface area contributed by atoms with Crippen molar-refractivity contribution in [3.8, 4) is 0 Å². The molecule has 0 atom stereocenters. The smallest absolute Gasteiger partial charge is 0.338 e. The van der Waals surface area contributed by atoms with Crippen molar-refractivity contribution < 1.29 is 14.3 Å². The first-order valence-corrected chi connectivity index (χ1v) is 6.21. The van der Waals surface area contributed by atoms with E-state index in [1.807, 2.05) is 30.0 Å². The van der Waals surface area contributed by atoms with Crippen molar-refractivity contribution in [2.45, 2.75) is 11.0 Å². The van der Waals surface area contributed by atoms with E-state index in [4.69, 9.17) is 9.47 Å². The monoisotopic (exact) mass is 238 g/mol. The molecule has 1 saturated heterocycles. The number of esters is 1.